The number of benzene rings is 1. The van der Waals surface area contributed by atoms with Gasteiger partial charge >= 0.3 is 11.7 Å². The maximum Gasteiger partial charge on any atom is 0.348 e. The highest BCUT2D eigenvalue weighted by atomic mass is 79.9. The Hall–Kier alpha value is -2.05. The number of aromatic amines is 1. The van der Waals surface area contributed by atoms with Gasteiger partial charge in [0.2, 0.25) is 0 Å². The summed E-state index contributed by atoms with van der Waals surface area (Å²) in [5, 5.41) is 24.0. The monoisotopic (exact) mass is 354 g/mol. The number of hydrogen-bond acceptors (Lipinski definition) is 5. The van der Waals surface area contributed by atoms with Crippen LogP contribution < -0.4 is 5.69 Å². The smallest absolute Gasteiger partial charge is 0.348 e. The first kappa shape index (κ1) is 14.4. The van der Waals surface area contributed by atoms with Crippen LogP contribution in [0.25, 0.3) is 5.69 Å². The maximum atomic E-state index is 11.8. The first-order valence-corrected chi connectivity index (χ1v) is 7.03. The van der Waals surface area contributed by atoms with E-state index in [-0.39, 0.29) is 16.5 Å². The summed E-state index contributed by atoms with van der Waals surface area (Å²) >= 11 is 4.16. The van der Waals surface area contributed by atoms with Crippen molar-refractivity contribution in [3.05, 3.63) is 38.7 Å². The van der Waals surface area contributed by atoms with Gasteiger partial charge in [0.25, 0.3) is 0 Å². The van der Waals surface area contributed by atoms with Crippen LogP contribution in [0.15, 0.2) is 32.6 Å². The lowest BCUT2D eigenvalue weighted by Crippen LogP contribution is -2.17. The summed E-state index contributed by atoms with van der Waals surface area (Å²) in [4.78, 5) is 22.4. The summed E-state index contributed by atoms with van der Waals surface area (Å²) in [6.45, 7) is 0. The van der Waals surface area contributed by atoms with Gasteiger partial charge in [-0.1, -0.05) is 27.7 Å². The average Bonchev–Trinajstić information content (AvgIpc) is 2.77. The zero-order valence-corrected chi connectivity index (χ0v) is 12.2. The number of halogens is 1. The first-order chi connectivity index (χ1) is 9.52. The van der Waals surface area contributed by atoms with E-state index in [1.54, 1.807) is 18.2 Å². The molecule has 102 valence electrons. The van der Waals surface area contributed by atoms with Gasteiger partial charge in [-0.25, -0.2) is 14.5 Å². The van der Waals surface area contributed by atoms with Crippen LogP contribution in [-0.2, 0) is 4.79 Å². The lowest BCUT2D eigenvalue weighted by atomic mass is 10.2. The summed E-state index contributed by atoms with van der Waals surface area (Å²) < 4.78 is 1.87. The number of carbonyl (C=O) groups is 1. The van der Waals surface area contributed by atoms with E-state index in [2.05, 4.69) is 26.1 Å². The number of rotatable bonds is 4. The molecule has 0 saturated carbocycles. The molecule has 7 nitrogen and oxygen atoms in total. The number of nitriles is 1. The molecule has 0 amide bonds. The van der Waals surface area contributed by atoms with Gasteiger partial charge in [0.05, 0.1) is 17.0 Å². The molecule has 2 aromatic rings. The van der Waals surface area contributed by atoms with Gasteiger partial charge in [0, 0.05) is 4.47 Å². The summed E-state index contributed by atoms with van der Waals surface area (Å²) in [6, 6.07) is 6.82. The van der Waals surface area contributed by atoms with Gasteiger partial charge < -0.3 is 5.11 Å². The number of carboxylic acid groups (broad SMARTS) is 1. The van der Waals surface area contributed by atoms with Crippen molar-refractivity contribution in [1.29, 1.82) is 5.26 Å². The molecule has 2 rings (SSSR count). The molecule has 2 N–H and O–H groups in total. The summed E-state index contributed by atoms with van der Waals surface area (Å²) in [6.07, 6.45) is 0. The van der Waals surface area contributed by atoms with E-state index in [1.807, 2.05) is 6.07 Å². The molecule has 0 radical (unpaired) electrons. The van der Waals surface area contributed by atoms with Crippen LogP contribution in [0.2, 0.25) is 0 Å². The van der Waals surface area contributed by atoms with Gasteiger partial charge in [-0.3, -0.25) is 4.79 Å². The molecule has 0 aliphatic carbocycles. The second kappa shape index (κ2) is 5.94. The van der Waals surface area contributed by atoms with Crippen molar-refractivity contribution in [1.82, 2.24) is 14.8 Å². The zero-order valence-electron chi connectivity index (χ0n) is 9.83. The molecule has 20 heavy (non-hydrogen) atoms. The van der Waals surface area contributed by atoms with E-state index in [1.165, 1.54) is 4.57 Å². The Bertz CT molecular complexity index is 762. The molecule has 0 fully saturated rings. The first-order valence-electron chi connectivity index (χ1n) is 5.25. The largest absolute Gasteiger partial charge is 0.481 e. The van der Waals surface area contributed by atoms with Crippen LogP contribution in [0.1, 0.15) is 5.56 Å². The van der Waals surface area contributed by atoms with Crippen LogP contribution in [0.5, 0.6) is 0 Å². The molecule has 0 spiro atoms. The lowest BCUT2D eigenvalue weighted by molar-refractivity contribution is -0.133. The lowest BCUT2D eigenvalue weighted by Gasteiger charge is -2.07. The van der Waals surface area contributed by atoms with Gasteiger partial charge in [-0.15, -0.1) is 5.10 Å². The molecule has 0 saturated heterocycles. The molecule has 9 heteroatoms. The number of nitrogens with one attached hydrogen (secondary N) is 1. The van der Waals surface area contributed by atoms with E-state index in [0.29, 0.717) is 10.2 Å². The van der Waals surface area contributed by atoms with Crippen molar-refractivity contribution in [3.8, 4) is 11.8 Å². The fourth-order valence-electron chi connectivity index (χ4n) is 1.50. The summed E-state index contributed by atoms with van der Waals surface area (Å²) in [5.74, 6) is -1.26. The van der Waals surface area contributed by atoms with Crippen molar-refractivity contribution < 1.29 is 9.90 Å². The fraction of sp³-hybridized carbons (Fsp3) is 0.0909. The molecular formula is C11H7BrN4O3S. The Balaban J connectivity index is 2.55. The Kier molecular flexibility index (Phi) is 4.26. The van der Waals surface area contributed by atoms with Crippen LogP contribution in [-0.4, -0.2) is 31.6 Å². The third kappa shape index (κ3) is 2.92. The number of hydrogen-bond donors (Lipinski definition) is 2. The predicted molar refractivity (Wildman–Crippen MR) is 75.0 cm³/mol. The molecule has 0 unspecified atom stereocenters. The van der Waals surface area contributed by atoms with Crippen molar-refractivity contribution >= 4 is 33.7 Å². The van der Waals surface area contributed by atoms with Gasteiger partial charge in [0.15, 0.2) is 5.16 Å². The minimum atomic E-state index is -1.02. The third-order valence-electron chi connectivity index (χ3n) is 2.29. The average molecular weight is 355 g/mol. The number of H-pyrrole nitrogens is 1. The number of nitrogens with zero attached hydrogens (tertiary/aromatic N) is 3. The van der Waals surface area contributed by atoms with E-state index < -0.39 is 11.7 Å². The number of carboxylic acids is 1. The molecule has 0 aliphatic rings. The minimum absolute atomic E-state index is 0.187. The second-order valence-electron chi connectivity index (χ2n) is 3.60. The summed E-state index contributed by atoms with van der Waals surface area (Å²) in [7, 11) is 0. The van der Waals surface area contributed by atoms with Crippen LogP contribution in [0.4, 0.5) is 0 Å². The minimum Gasteiger partial charge on any atom is -0.481 e. The molecule has 1 aromatic heterocycles. The number of thioether (sulfide) groups is 1. The van der Waals surface area contributed by atoms with Crippen molar-refractivity contribution in [2.24, 2.45) is 0 Å². The topological polar surface area (TPSA) is 112 Å². The highest BCUT2D eigenvalue weighted by molar-refractivity contribution is 9.10. The van der Waals surface area contributed by atoms with Crippen molar-refractivity contribution in [2.45, 2.75) is 5.16 Å². The molecule has 0 atom stereocenters. The second-order valence-corrected chi connectivity index (χ2v) is 5.46. The van der Waals surface area contributed by atoms with E-state index in [9.17, 15) is 9.59 Å². The molecule has 0 bridgehead atoms. The van der Waals surface area contributed by atoms with Crippen LogP contribution in [0.3, 0.4) is 0 Å². The highest BCUT2D eigenvalue weighted by Crippen LogP contribution is 2.23. The highest BCUT2D eigenvalue weighted by Gasteiger charge is 2.15. The van der Waals surface area contributed by atoms with Gasteiger partial charge in [0.1, 0.15) is 6.07 Å². The molecule has 1 aromatic carbocycles. The van der Waals surface area contributed by atoms with Gasteiger partial charge in [-0.05, 0) is 18.2 Å². The normalized spacial score (nSPS) is 10.2. The third-order valence-corrected chi connectivity index (χ3v) is 3.70. The zero-order chi connectivity index (χ0) is 14.7. The van der Waals surface area contributed by atoms with E-state index in [4.69, 9.17) is 10.4 Å². The fourth-order valence-corrected chi connectivity index (χ4v) is 2.52. The van der Waals surface area contributed by atoms with E-state index in [0.717, 1.165) is 11.8 Å². The maximum absolute atomic E-state index is 11.8. The Labute approximate surface area is 125 Å². The number of aliphatic carboxylic acids is 1. The van der Waals surface area contributed by atoms with Crippen molar-refractivity contribution in [2.75, 3.05) is 5.75 Å². The standard InChI is InChI=1S/C11H7BrN4O3S/c12-7-2-1-6(4-13)8(3-7)16-10(19)14-15-11(16)20-5-9(17)18/h1-3H,5H2,(H,14,19)(H,17,18). The number of aromatic nitrogens is 3. The predicted octanol–water partition coefficient (Wildman–Crippen LogP) is 1.37. The Morgan fingerprint density at radius 1 is 1.60 bits per heavy atom. The van der Waals surface area contributed by atoms with E-state index >= 15 is 0 Å². The SMILES string of the molecule is N#Cc1ccc(Br)cc1-n1c(SCC(=O)O)n[nH]c1=O. The Morgan fingerprint density at radius 2 is 2.35 bits per heavy atom. The summed E-state index contributed by atoms with van der Waals surface area (Å²) in [5.41, 5.74) is 0.0925. The molecule has 0 aliphatic heterocycles. The van der Waals surface area contributed by atoms with Crippen molar-refractivity contribution in [3.63, 3.8) is 0 Å². The van der Waals surface area contributed by atoms with Crippen LogP contribution >= 0.6 is 27.7 Å². The molecular weight excluding hydrogens is 348 g/mol. The molecule has 1 heterocycles. The van der Waals surface area contributed by atoms with Crippen LogP contribution in [0, 0.1) is 11.3 Å². The Morgan fingerprint density at radius 3 is 3.00 bits per heavy atom. The van der Waals surface area contributed by atoms with Gasteiger partial charge in [-0.2, -0.15) is 5.26 Å². The quantitative estimate of drug-likeness (QED) is 0.802.